The van der Waals surface area contributed by atoms with Crippen LogP contribution >= 0.6 is 23.2 Å². The van der Waals surface area contributed by atoms with E-state index in [9.17, 15) is 14.7 Å². The Hall–Kier alpha value is -1.26. The number of carbonyl (C=O) groups excluding carboxylic acids is 1. The molecule has 0 bridgehead atoms. The molecule has 1 amide bonds. The summed E-state index contributed by atoms with van der Waals surface area (Å²) >= 11 is 11.8. The molecule has 1 aromatic rings. The summed E-state index contributed by atoms with van der Waals surface area (Å²) in [6, 6.07) is 2.71. The molecule has 1 aliphatic carbocycles. The van der Waals surface area contributed by atoms with Crippen LogP contribution in [0.4, 0.5) is 5.69 Å². The van der Waals surface area contributed by atoms with Crippen LogP contribution in [0.15, 0.2) is 12.1 Å². The molecule has 2 rings (SSSR count). The molecule has 0 unspecified atom stereocenters. The smallest absolute Gasteiger partial charge is 0.337 e. The molecule has 1 aromatic carbocycles. The maximum absolute atomic E-state index is 12.1. The van der Waals surface area contributed by atoms with Gasteiger partial charge in [-0.1, -0.05) is 42.5 Å². The number of carbonyl (C=O) groups is 2. The minimum Gasteiger partial charge on any atom is -0.478 e. The van der Waals surface area contributed by atoms with Crippen LogP contribution < -0.4 is 5.32 Å². The first-order chi connectivity index (χ1) is 9.97. The van der Waals surface area contributed by atoms with Gasteiger partial charge < -0.3 is 10.4 Å². The lowest BCUT2D eigenvalue weighted by atomic mass is 9.87. The lowest BCUT2D eigenvalue weighted by Gasteiger charge is -2.21. The summed E-state index contributed by atoms with van der Waals surface area (Å²) in [4.78, 5) is 23.3. The van der Waals surface area contributed by atoms with Gasteiger partial charge in [0.1, 0.15) is 0 Å². The number of benzene rings is 1. The second-order valence-electron chi connectivity index (χ2n) is 5.37. The zero-order chi connectivity index (χ0) is 15.4. The van der Waals surface area contributed by atoms with Crippen molar-refractivity contribution in [1.29, 1.82) is 0 Å². The predicted octanol–water partition coefficient (Wildman–Crippen LogP) is 4.60. The molecule has 0 aromatic heterocycles. The topological polar surface area (TPSA) is 66.4 Å². The predicted molar refractivity (Wildman–Crippen MR) is 83.2 cm³/mol. The monoisotopic (exact) mass is 329 g/mol. The normalized spacial score (nSPS) is 15.7. The van der Waals surface area contributed by atoms with Crippen molar-refractivity contribution in [2.75, 3.05) is 5.32 Å². The van der Waals surface area contributed by atoms with Crippen molar-refractivity contribution in [3.63, 3.8) is 0 Å². The second-order valence-corrected chi connectivity index (χ2v) is 6.22. The minimum absolute atomic E-state index is 0.0931. The first kappa shape index (κ1) is 16.1. The zero-order valence-electron chi connectivity index (χ0n) is 11.5. The highest BCUT2D eigenvalue weighted by molar-refractivity contribution is 6.37. The van der Waals surface area contributed by atoms with Crippen LogP contribution in [0.25, 0.3) is 0 Å². The summed E-state index contributed by atoms with van der Waals surface area (Å²) < 4.78 is 0. The lowest BCUT2D eigenvalue weighted by molar-refractivity contribution is -0.117. The highest BCUT2D eigenvalue weighted by Crippen LogP contribution is 2.31. The highest BCUT2D eigenvalue weighted by atomic mass is 35.5. The van der Waals surface area contributed by atoms with Gasteiger partial charge in [0.15, 0.2) is 0 Å². The number of anilines is 1. The Labute approximate surface area is 133 Å². The quantitative estimate of drug-likeness (QED) is 0.848. The number of aromatic carboxylic acids is 1. The van der Waals surface area contributed by atoms with E-state index in [1.54, 1.807) is 0 Å². The van der Waals surface area contributed by atoms with Crippen molar-refractivity contribution < 1.29 is 14.7 Å². The number of rotatable bonds is 4. The lowest BCUT2D eigenvalue weighted by Crippen LogP contribution is -2.20. The standard InChI is InChI=1S/C15H17Cl2NO3/c16-10-7-11(15(20)21)14(12(17)8-10)18-13(19)6-9-4-2-1-3-5-9/h7-9H,1-6H2,(H,18,19)(H,20,21). The van der Waals surface area contributed by atoms with Gasteiger partial charge in [0.05, 0.1) is 16.3 Å². The Balaban J connectivity index is 2.11. The summed E-state index contributed by atoms with van der Waals surface area (Å²) in [7, 11) is 0. The number of carboxylic acids is 1. The Morgan fingerprint density at radius 2 is 1.86 bits per heavy atom. The van der Waals surface area contributed by atoms with E-state index in [0.29, 0.717) is 12.3 Å². The number of hydrogen-bond acceptors (Lipinski definition) is 2. The van der Waals surface area contributed by atoms with Gasteiger partial charge in [0, 0.05) is 11.4 Å². The average Bonchev–Trinajstić information content (AvgIpc) is 2.42. The molecule has 0 heterocycles. The van der Waals surface area contributed by atoms with Crippen LogP contribution in [-0.4, -0.2) is 17.0 Å². The van der Waals surface area contributed by atoms with Crippen molar-refractivity contribution >= 4 is 40.8 Å². The van der Waals surface area contributed by atoms with Crippen LogP contribution in [0.2, 0.25) is 10.0 Å². The van der Waals surface area contributed by atoms with Crippen molar-refractivity contribution in [2.24, 2.45) is 5.92 Å². The third-order valence-electron chi connectivity index (χ3n) is 3.75. The first-order valence-corrected chi connectivity index (χ1v) is 7.75. The second kappa shape index (κ2) is 7.14. The zero-order valence-corrected chi connectivity index (χ0v) is 13.0. The van der Waals surface area contributed by atoms with Crippen LogP contribution in [-0.2, 0) is 4.79 Å². The number of amides is 1. The van der Waals surface area contributed by atoms with Crippen LogP contribution in [0.5, 0.6) is 0 Å². The summed E-state index contributed by atoms with van der Waals surface area (Å²) in [5.41, 5.74) is 0.0267. The van der Waals surface area contributed by atoms with Gasteiger partial charge in [-0.3, -0.25) is 4.79 Å². The summed E-state index contributed by atoms with van der Waals surface area (Å²) in [5.74, 6) is -1.00. The molecular formula is C15H17Cl2NO3. The van der Waals surface area contributed by atoms with E-state index in [0.717, 1.165) is 25.7 Å². The van der Waals surface area contributed by atoms with Gasteiger partial charge in [-0.2, -0.15) is 0 Å². The van der Waals surface area contributed by atoms with E-state index in [-0.39, 0.29) is 27.2 Å². The van der Waals surface area contributed by atoms with E-state index < -0.39 is 5.97 Å². The Morgan fingerprint density at radius 3 is 2.48 bits per heavy atom. The maximum atomic E-state index is 12.1. The summed E-state index contributed by atoms with van der Waals surface area (Å²) in [6.07, 6.45) is 6.03. The van der Waals surface area contributed by atoms with Gasteiger partial charge in [-0.25, -0.2) is 4.79 Å². The third kappa shape index (κ3) is 4.35. The van der Waals surface area contributed by atoms with Gasteiger partial charge >= 0.3 is 5.97 Å². The van der Waals surface area contributed by atoms with E-state index in [4.69, 9.17) is 23.2 Å². The Bertz CT molecular complexity index is 554. The van der Waals surface area contributed by atoms with Crippen LogP contribution in [0.3, 0.4) is 0 Å². The average molecular weight is 330 g/mol. The van der Waals surface area contributed by atoms with Gasteiger partial charge in [0.2, 0.25) is 5.91 Å². The maximum Gasteiger partial charge on any atom is 0.337 e. The van der Waals surface area contributed by atoms with Gasteiger partial charge in [0.25, 0.3) is 0 Å². The number of nitrogens with one attached hydrogen (secondary N) is 1. The molecule has 1 saturated carbocycles. The molecule has 114 valence electrons. The molecule has 6 heteroatoms. The fourth-order valence-corrected chi connectivity index (χ4v) is 3.25. The molecule has 0 radical (unpaired) electrons. The summed E-state index contributed by atoms with van der Waals surface area (Å²) in [5, 5.41) is 12.2. The van der Waals surface area contributed by atoms with Crippen molar-refractivity contribution in [3.05, 3.63) is 27.7 Å². The molecule has 0 atom stereocenters. The van der Waals surface area contributed by atoms with Crippen LogP contribution in [0.1, 0.15) is 48.9 Å². The van der Waals surface area contributed by atoms with Crippen LogP contribution in [0, 0.1) is 5.92 Å². The summed E-state index contributed by atoms with van der Waals surface area (Å²) in [6.45, 7) is 0. The fourth-order valence-electron chi connectivity index (χ4n) is 2.71. The molecule has 0 spiro atoms. The number of hydrogen-bond donors (Lipinski definition) is 2. The fraction of sp³-hybridized carbons (Fsp3) is 0.467. The third-order valence-corrected chi connectivity index (χ3v) is 4.26. The van der Waals surface area contributed by atoms with Crippen molar-refractivity contribution in [3.8, 4) is 0 Å². The van der Waals surface area contributed by atoms with E-state index in [2.05, 4.69) is 5.32 Å². The number of halogens is 2. The molecule has 4 nitrogen and oxygen atoms in total. The SMILES string of the molecule is O=C(CC1CCCCC1)Nc1c(Cl)cc(Cl)cc1C(=O)O. The Morgan fingerprint density at radius 1 is 1.19 bits per heavy atom. The van der Waals surface area contributed by atoms with Crippen molar-refractivity contribution in [1.82, 2.24) is 0 Å². The van der Waals surface area contributed by atoms with Gasteiger partial charge in [-0.15, -0.1) is 0 Å². The molecule has 0 aliphatic heterocycles. The minimum atomic E-state index is -1.17. The van der Waals surface area contributed by atoms with E-state index in [1.807, 2.05) is 0 Å². The first-order valence-electron chi connectivity index (χ1n) is 6.99. The Kier molecular flexibility index (Phi) is 5.48. The molecular weight excluding hydrogens is 313 g/mol. The molecule has 21 heavy (non-hydrogen) atoms. The largest absolute Gasteiger partial charge is 0.478 e. The highest BCUT2D eigenvalue weighted by Gasteiger charge is 2.20. The molecule has 1 aliphatic rings. The molecule has 2 N–H and O–H groups in total. The van der Waals surface area contributed by atoms with E-state index >= 15 is 0 Å². The van der Waals surface area contributed by atoms with Crippen molar-refractivity contribution in [2.45, 2.75) is 38.5 Å². The molecule has 0 saturated heterocycles. The molecule has 1 fully saturated rings. The van der Waals surface area contributed by atoms with E-state index in [1.165, 1.54) is 18.6 Å². The number of carboxylic acid groups (broad SMARTS) is 1. The van der Waals surface area contributed by atoms with Gasteiger partial charge in [-0.05, 0) is 30.9 Å².